The number of fused-ring (bicyclic) bond motifs is 1. The smallest absolute Gasteiger partial charge is 0.338 e. The van der Waals surface area contributed by atoms with Crippen molar-refractivity contribution in [3.63, 3.8) is 0 Å². The fourth-order valence-corrected chi connectivity index (χ4v) is 3.63. The summed E-state index contributed by atoms with van der Waals surface area (Å²) in [5.74, 6) is -1.16. The Morgan fingerprint density at radius 1 is 1.40 bits per heavy atom. The highest BCUT2D eigenvalue weighted by Crippen LogP contribution is 2.65. The van der Waals surface area contributed by atoms with Crippen LogP contribution in [0, 0.1) is 5.41 Å². The Balaban J connectivity index is 2.00. The Bertz CT molecular complexity index is 780. The predicted octanol–water partition coefficient (Wildman–Crippen LogP) is 3.12. The summed E-state index contributed by atoms with van der Waals surface area (Å²) in [6.07, 6.45) is 0.322. The number of carbonyl (C=O) groups is 3. The van der Waals surface area contributed by atoms with Gasteiger partial charge >= 0.3 is 5.97 Å². The zero-order valence-electron chi connectivity index (χ0n) is 14.1. The highest BCUT2D eigenvalue weighted by Gasteiger charge is 2.69. The number of nitrogens with one attached hydrogen (secondary N) is 1. The number of anilines is 2. The average molecular weight is 385 g/mol. The van der Waals surface area contributed by atoms with Gasteiger partial charge in [-0.2, -0.15) is 0 Å². The van der Waals surface area contributed by atoms with Gasteiger partial charge in [-0.05, 0) is 45.4 Å². The van der Waals surface area contributed by atoms with Crippen LogP contribution in [0.3, 0.4) is 0 Å². The highest BCUT2D eigenvalue weighted by atomic mass is 35.5. The van der Waals surface area contributed by atoms with Crippen LogP contribution in [0.2, 0.25) is 0 Å². The molecule has 1 aliphatic carbocycles. The largest absolute Gasteiger partial charge is 0.462 e. The zero-order valence-corrected chi connectivity index (χ0v) is 15.6. The first-order chi connectivity index (χ1) is 11.6. The van der Waals surface area contributed by atoms with E-state index in [4.69, 9.17) is 27.9 Å². The van der Waals surface area contributed by atoms with Gasteiger partial charge in [0.25, 0.3) is 0 Å². The molecule has 1 aromatic rings. The lowest BCUT2D eigenvalue weighted by molar-refractivity contribution is -0.126. The SMILES string of the molecule is CCOC(=O)c1ccc2c(c1)NC(=O)[C@@H](C)N2C(=O)[C@]1(C)CC1(Cl)Cl. The molecule has 1 heterocycles. The number of hydrogen-bond donors (Lipinski definition) is 1. The first-order valence-electron chi connectivity index (χ1n) is 7.96. The van der Waals surface area contributed by atoms with Crippen LogP contribution < -0.4 is 10.2 Å². The van der Waals surface area contributed by atoms with E-state index in [0.29, 0.717) is 23.4 Å². The summed E-state index contributed by atoms with van der Waals surface area (Å²) in [5.41, 5.74) is 0.229. The maximum absolute atomic E-state index is 13.0. The van der Waals surface area contributed by atoms with Crippen molar-refractivity contribution in [2.75, 3.05) is 16.8 Å². The number of halogens is 2. The fourth-order valence-electron chi connectivity index (χ4n) is 2.93. The molecule has 0 saturated heterocycles. The van der Waals surface area contributed by atoms with Gasteiger partial charge in [0.2, 0.25) is 11.8 Å². The summed E-state index contributed by atoms with van der Waals surface area (Å²) in [6, 6.07) is 3.97. The molecular weight excluding hydrogens is 367 g/mol. The van der Waals surface area contributed by atoms with Crippen LogP contribution in [0.5, 0.6) is 0 Å². The van der Waals surface area contributed by atoms with E-state index in [-0.39, 0.29) is 18.4 Å². The minimum atomic E-state index is -1.14. The molecule has 3 rings (SSSR count). The molecular formula is C17H18Cl2N2O4. The van der Waals surface area contributed by atoms with Crippen molar-refractivity contribution >= 4 is 52.4 Å². The molecule has 2 aliphatic rings. The van der Waals surface area contributed by atoms with Crippen molar-refractivity contribution in [1.29, 1.82) is 0 Å². The molecule has 0 unspecified atom stereocenters. The lowest BCUT2D eigenvalue weighted by Crippen LogP contribution is -2.52. The third-order valence-electron chi connectivity index (χ3n) is 4.74. The van der Waals surface area contributed by atoms with Crippen molar-refractivity contribution in [2.24, 2.45) is 5.41 Å². The fraction of sp³-hybridized carbons (Fsp3) is 0.471. The summed E-state index contributed by atoms with van der Waals surface area (Å²) in [7, 11) is 0. The van der Waals surface area contributed by atoms with Crippen LogP contribution >= 0.6 is 23.2 Å². The standard InChI is InChI=1S/C17H18Cl2N2O4/c1-4-25-14(23)10-5-6-12-11(7-10)20-13(22)9(2)21(12)15(24)16(3)8-17(16,18)19/h5-7,9H,4,8H2,1-3H3,(H,20,22)/t9-,16+/m1/s1. The van der Waals surface area contributed by atoms with Crippen LogP contribution in [0.25, 0.3) is 0 Å². The average Bonchev–Trinajstić information content (AvgIpc) is 3.07. The third-order valence-corrected chi connectivity index (χ3v) is 5.84. The second-order valence-corrected chi connectivity index (χ2v) is 7.99. The number of benzene rings is 1. The molecule has 25 heavy (non-hydrogen) atoms. The molecule has 1 fully saturated rings. The Morgan fingerprint density at radius 2 is 2.04 bits per heavy atom. The summed E-state index contributed by atoms with van der Waals surface area (Å²) in [6.45, 7) is 5.27. The molecule has 2 amide bonds. The van der Waals surface area contributed by atoms with Gasteiger partial charge in [0.05, 0.1) is 29.0 Å². The lowest BCUT2D eigenvalue weighted by Gasteiger charge is -2.36. The van der Waals surface area contributed by atoms with Crippen molar-refractivity contribution in [3.05, 3.63) is 23.8 Å². The zero-order chi connectivity index (χ0) is 18.6. The number of rotatable bonds is 3. The van der Waals surface area contributed by atoms with Gasteiger partial charge in [-0.1, -0.05) is 0 Å². The molecule has 1 saturated carbocycles. The van der Waals surface area contributed by atoms with E-state index in [1.54, 1.807) is 32.9 Å². The van der Waals surface area contributed by atoms with E-state index in [9.17, 15) is 14.4 Å². The highest BCUT2D eigenvalue weighted by molar-refractivity contribution is 6.53. The van der Waals surface area contributed by atoms with Gasteiger partial charge in [-0.15, -0.1) is 23.2 Å². The molecule has 1 aromatic carbocycles. The number of carbonyl (C=O) groups excluding carboxylic acids is 3. The monoisotopic (exact) mass is 384 g/mol. The van der Waals surface area contributed by atoms with Gasteiger partial charge in [-0.3, -0.25) is 14.5 Å². The second kappa shape index (κ2) is 5.88. The van der Waals surface area contributed by atoms with E-state index >= 15 is 0 Å². The van der Waals surface area contributed by atoms with Crippen molar-refractivity contribution < 1.29 is 19.1 Å². The van der Waals surface area contributed by atoms with Crippen LogP contribution in [0.4, 0.5) is 11.4 Å². The van der Waals surface area contributed by atoms with Gasteiger partial charge in [0.15, 0.2) is 0 Å². The number of alkyl halides is 2. The minimum Gasteiger partial charge on any atom is -0.462 e. The number of ether oxygens (including phenoxy) is 1. The van der Waals surface area contributed by atoms with Crippen LogP contribution in [0.1, 0.15) is 37.6 Å². The summed E-state index contributed by atoms with van der Waals surface area (Å²) < 4.78 is 3.83. The second-order valence-electron chi connectivity index (χ2n) is 6.51. The van der Waals surface area contributed by atoms with Crippen LogP contribution in [-0.4, -0.2) is 34.8 Å². The van der Waals surface area contributed by atoms with E-state index in [1.165, 1.54) is 11.0 Å². The number of hydrogen-bond acceptors (Lipinski definition) is 4. The molecule has 6 nitrogen and oxygen atoms in total. The number of nitrogens with zero attached hydrogens (tertiary/aromatic N) is 1. The Kier molecular flexibility index (Phi) is 4.24. The third kappa shape index (κ3) is 2.77. The Hall–Kier alpha value is -1.79. The summed E-state index contributed by atoms with van der Waals surface area (Å²) >= 11 is 12.3. The topological polar surface area (TPSA) is 75.7 Å². The summed E-state index contributed by atoms with van der Waals surface area (Å²) in [5, 5.41) is 2.72. The summed E-state index contributed by atoms with van der Waals surface area (Å²) in [4.78, 5) is 38.6. The minimum absolute atomic E-state index is 0.246. The Morgan fingerprint density at radius 3 is 2.60 bits per heavy atom. The lowest BCUT2D eigenvalue weighted by atomic mass is 10.0. The van der Waals surface area contributed by atoms with E-state index < -0.39 is 21.8 Å². The van der Waals surface area contributed by atoms with E-state index in [1.807, 2.05) is 0 Å². The molecule has 0 aromatic heterocycles. The molecule has 2 atom stereocenters. The first kappa shape index (κ1) is 18.0. The molecule has 1 aliphatic heterocycles. The van der Waals surface area contributed by atoms with Crippen molar-refractivity contribution in [1.82, 2.24) is 0 Å². The quantitative estimate of drug-likeness (QED) is 0.641. The molecule has 8 heteroatoms. The number of amides is 2. The van der Waals surface area contributed by atoms with Crippen molar-refractivity contribution in [3.8, 4) is 0 Å². The van der Waals surface area contributed by atoms with Gasteiger partial charge in [-0.25, -0.2) is 4.79 Å². The van der Waals surface area contributed by atoms with Gasteiger partial charge < -0.3 is 10.1 Å². The van der Waals surface area contributed by atoms with Crippen molar-refractivity contribution in [2.45, 2.75) is 37.6 Å². The maximum Gasteiger partial charge on any atom is 0.338 e. The maximum atomic E-state index is 13.0. The molecule has 134 valence electrons. The van der Waals surface area contributed by atoms with Gasteiger partial charge in [0, 0.05) is 0 Å². The normalized spacial score (nSPS) is 26.5. The molecule has 0 spiro atoms. The van der Waals surface area contributed by atoms with Gasteiger partial charge in [0.1, 0.15) is 10.4 Å². The van der Waals surface area contributed by atoms with E-state index in [0.717, 1.165) is 0 Å². The molecule has 0 bridgehead atoms. The predicted molar refractivity (Wildman–Crippen MR) is 95.1 cm³/mol. The molecule has 1 N–H and O–H groups in total. The Labute approximate surface area is 155 Å². The van der Waals surface area contributed by atoms with Crippen LogP contribution in [0.15, 0.2) is 18.2 Å². The van der Waals surface area contributed by atoms with Crippen LogP contribution in [-0.2, 0) is 14.3 Å². The van der Waals surface area contributed by atoms with E-state index in [2.05, 4.69) is 5.32 Å². The number of esters is 1. The molecule has 0 radical (unpaired) electrons. The first-order valence-corrected chi connectivity index (χ1v) is 8.71.